The lowest BCUT2D eigenvalue weighted by Gasteiger charge is -2.33. The number of β-amino-alcohol motifs (C(OH)–C–C–N with tert-alkyl or cyclic N) is 1. The second-order valence-corrected chi connectivity index (χ2v) is 7.24. The monoisotopic (exact) mass is 469 g/mol. The topological polar surface area (TPSA) is 72.4 Å². The Morgan fingerprint density at radius 1 is 1.28 bits per heavy atom. The number of nitrogens with one attached hydrogen (secondary N) is 2. The minimum Gasteiger partial charge on any atom is -0.387 e. The van der Waals surface area contributed by atoms with Crippen LogP contribution < -0.4 is 10.6 Å². The van der Waals surface area contributed by atoms with E-state index < -0.39 is 5.60 Å². The van der Waals surface area contributed by atoms with E-state index in [-0.39, 0.29) is 24.0 Å². The highest BCUT2D eigenvalue weighted by Gasteiger charge is 2.25. The zero-order valence-corrected chi connectivity index (χ0v) is 18.3. The van der Waals surface area contributed by atoms with Crippen molar-refractivity contribution >= 4 is 29.9 Å². The first-order chi connectivity index (χ1) is 11.5. The van der Waals surface area contributed by atoms with Gasteiger partial charge in [-0.2, -0.15) is 0 Å². The molecule has 2 aliphatic rings. The van der Waals surface area contributed by atoms with E-state index in [0.717, 1.165) is 45.4 Å². The number of likely N-dealkylation sites (tertiary alicyclic amines) is 1. The van der Waals surface area contributed by atoms with Gasteiger partial charge < -0.3 is 25.4 Å². The normalized spacial score (nSPS) is 25.3. The van der Waals surface area contributed by atoms with Crippen molar-refractivity contribution in [2.24, 2.45) is 4.99 Å². The molecule has 2 aliphatic heterocycles. The smallest absolute Gasteiger partial charge is 0.191 e. The van der Waals surface area contributed by atoms with Crippen molar-refractivity contribution in [1.29, 1.82) is 0 Å². The van der Waals surface area contributed by atoms with Gasteiger partial charge in [0.15, 0.2) is 5.96 Å². The van der Waals surface area contributed by atoms with Crippen LogP contribution in [0.5, 0.6) is 0 Å². The number of likely N-dealkylation sites (N-methyl/N-ethyl adjacent to an activating group) is 1. The van der Waals surface area contributed by atoms with Gasteiger partial charge in [0.05, 0.1) is 25.4 Å². The number of aliphatic imine (C=N–C) groups is 1. The van der Waals surface area contributed by atoms with Gasteiger partial charge in [-0.25, -0.2) is 0 Å². The van der Waals surface area contributed by atoms with Crippen molar-refractivity contribution in [2.75, 3.05) is 66.1 Å². The SMILES string of the molecule is CCNC(=NCC(C)(O)CN1CCOCC1)NCC1CCCN1C.I. The maximum absolute atomic E-state index is 10.7. The predicted octanol–water partition coefficient (Wildman–Crippen LogP) is 0.337. The number of ether oxygens (including phenoxy) is 1. The number of hydrogen-bond donors (Lipinski definition) is 3. The average Bonchev–Trinajstić information content (AvgIpc) is 2.96. The molecule has 7 nitrogen and oxygen atoms in total. The summed E-state index contributed by atoms with van der Waals surface area (Å²) in [7, 11) is 2.18. The van der Waals surface area contributed by atoms with Crippen LogP contribution in [0.15, 0.2) is 4.99 Å². The van der Waals surface area contributed by atoms with Gasteiger partial charge in [-0.15, -0.1) is 24.0 Å². The lowest BCUT2D eigenvalue weighted by Crippen LogP contribution is -2.48. The fraction of sp³-hybridized carbons (Fsp3) is 0.941. The van der Waals surface area contributed by atoms with E-state index in [9.17, 15) is 5.11 Å². The molecule has 2 unspecified atom stereocenters. The lowest BCUT2D eigenvalue weighted by atomic mass is 10.1. The van der Waals surface area contributed by atoms with E-state index in [2.05, 4.69) is 39.4 Å². The summed E-state index contributed by atoms with van der Waals surface area (Å²) in [6.45, 7) is 11.1. The highest BCUT2D eigenvalue weighted by atomic mass is 127. The minimum absolute atomic E-state index is 0. The molecule has 3 N–H and O–H groups in total. The summed E-state index contributed by atoms with van der Waals surface area (Å²) in [5.74, 6) is 0.792. The molecule has 2 rings (SSSR count). The molecular weight excluding hydrogens is 433 g/mol. The quantitative estimate of drug-likeness (QED) is 0.284. The van der Waals surface area contributed by atoms with E-state index in [1.54, 1.807) is 0 Å². The van der Waals surface area contributed by atoms with E-state index in [1.807, 2.05) is 6.92 Å². The maximum atomic E-state index is 10.7. The molecule has 0 bridgehead atoms. The van der Waals surface area contributed by atoms with E-state index in [0.29, 0.717) is 19.1 Å². The maximum Gasteiger partial charge on any atom is 0.191 e. The van der Waals surface area contributed by atoms with Gasteiger partial charge in [0, 0.05) is 38.8 Å². The molecule has 148 valence electrons. The fourth-order valence-electron chi connectivity index (χ4n) is 3.33. The van der Waals surface area contributed by atoms with Crippen LogP contribution in [0.2, 0.25) is 0 Å². The van der Waals surface area contributed by atoms with Crippen molar-refractivity contribution in [2.45, 2.75) is 38.3 Å². The molecule has 8 heteroatoms. The molecule has 0 aliphatic carbocycles. The van der Waals surface area contributed by atoms with Gasteiger partial charge in [0.1, 0.15) is 0 Å². The Hall–Kier alpha value is -0.160. The second kappa shape index (κ2) is 11.5. The summed E-state index contributed by atoms with van der Waals surface area (Å²) in [6.07, 6.45) is 2.50. The molecule has 0 aromatic carbocycles. The largest absolute Gasteiger partial charge is 0.387 e. The molecule has 2 saturated heterocycles. The number of hydrogen-bond acceptors (Lipinski definition) is 5. The first-order valence-corrected chi connectivity index (χ1v) is 9.25. The van der Waals surface area contributed by atoms with Crippen LogP contribution in [0.1, 0.15) is 26.7 Å². The van der Waals surface area contributed by atoms with Crippen molar-refractivity contribution < 1.29 is 9.84 Å². The van der Waals surface area contributed by atoms with Crippen molar-refractivity contribution in [1.82, 2.24) is 20.4 Å². The zero-order chi connectivity index (χ0) is 17.4. The number of guanidine groups is 1. The molecule has 0 spiro atoms. The van der Waals surface area contributed by atoms with E-state index in [1.165, 1.54) is 19.4 Å². The molecule has 2 heterocycles. The van der Waals surface area contributed by atoms with E-state index in [4.69, 9.17) is 4.74 Å². The first kappa shape index (κ1) is 22.9. The highest BCUT2D eigenvalue weighted by molar-refractivity contribution is 14.0. The van der Waals surface area contributed by atoms with Gasteiger partial charge in [0.25, 0.3) is 0 Å². The molecule has 0 aromatic rings. The van der Waals surface area contributed by atoms with Gasteiger partial charge in [-0.3, -0.25) is 9.89 Å². The van der Waals surface area contributed by atoms with Crippen LogP contribution in [0.4, 0.5) is 0 Å². The average molecular weight is 469 g/mol. The third-order valence-electron chi connectivity index (χ3n) is 4.77. The van der Waals surface area contributed by atoms with Gasteiger partial charge in [-0.1, -0.05) is 0 Å². The number of rotatable bonds is 7. The van der Waals surface area contributed by atoms with Crippen LogP contribution in [0.3, 0.4) is 0 Å². The molecule has 0 aromatic heterocycles. The molecule has 25 heavy (non-hydrogen) atoms. The van der Waals surface area contributed by atoms with Gasteiger partial charge in [0.2, 0.25) is 0 Å². The van der Waals surface area contributed by atoms with Crippen LogP contribution in [-0.4, -0.2) is 98.6 Å². The summed E-state index contributed by atoms with van der Waals surface area (Å²) in [4.78, 5) is 9.24. The first-order valence-electron chi connectivity index (χ1n) is 9.25. The van der Waals surface area contributed by atoms with Crippen LogP contribution in [0, 0.1) is 0 Å². The Balaban J connectivity index is 0.00000312. The Kier molecular flexibility index (Phi) is 10.6. The number of aliphatic hydroxyl groups is 1. The lowest BCUT2D eigenvalue weighted by molar-refractivity contribution is -0.0180. The number of morpholine rings is 1. The van der Waals surface area contributed by atoms with Crippen LogP contribution in [-0.2, 0) is 4.74 Å². The summed E-state index contributed by atoms with van der Waals surface area (Å²) in [5, 5.41) is 17.3. The van der Waals surface area contributed by atoms with Crippen molar-refractivity contribution in [3.63, 3.8) is 0 Å². The van der Waals surface area contributed by atoms with Crippen LogP contribution in [0.25, 0.3) is 0 Å². The number of nitrogens with zero attached hydrogens (tertiary/aromatic N) is 3. The molecule has 0 radical (unpaired) electrons. The number of halogens is 1. The summed E-state index contributed by atoms with van der Waals surface area (Å²) in [5.41, 5.74) is -0.830. The van der Waals surface area contributed by atoms with Gasteiger partial charge >= 0.3 is 0 Å². The minimum atomic E-state index is -0.830. The standard InChI is InChI=1S/C17H35N5O2.HI/c1-4-18-16(19-12-15-6-5-7-21(15)3)20-13-17(2,23)14-22-8-10-24-11-9-22;/h15,23H,4-14H2,1-3H3,(H2,18,19,20);1H. The van der Waals surface area contributed by atoms with E-state index >= 15 is 0 Å². The molecule has 0 saturated carbocycles. The second-order valence-electron chi connectivity index (χ2n) is 7.24. The molecule has 2 atom stereocenters. The Labute approximate surface area is 169 Å². The summed E-state index contributed by atoms with van der Waals surface area (Å²) in [6, 6.07) is 0.572. The van der Waals surface area contributed by atoms with Crippen molar-refractivity contribution in [3.05, 3.63) is 0 Å². The molecule has 2 fully saturated rings. The molecule has 0 amide bonds. The Morgan fingerprint density at radius 2 is 2.00 bits per heavy atom. The molecular formula is C17H36IN5O2. The van der Waals surface area contributed by atoms with Crippen molar-refractivity contribution in [3.8, 4) is 0 Å². The highest BCUT2D eigenvalue weighted by Crippen LogP contribution is 2.13. The Morgan fingerprint density at radius 3 is 2.60 bits per heavy atom. The Bertz CT molecular complexity index is 402. The fourth-order valence-corrected chi connectivity index (χ4v) is 3.33. The summed E-state index contributed by atoms with van der Waals surface area (Å²) < 4.78 is 5.36. The van der Waals surface area contributed by atoms with Gasteiger partial charge in [-0.05, 0) is 40.3 Å². The zero-order valence-electron chi connectivity index (χ0n) is 16.0. The third-order valence-corrected chi connectivity index (χ3v) is 4.77. The van der Waals surface area contributed by atoms with Crippen LogP contribution >= 0.6 is 24.0 Å². The predicted molar refractivity (Wildman–Crippen MR) is 113 cm³/mol. The summed E-state index contributed by atoms with van der Waals surface area (Å²) >= 11 is 0. The third kappa shape index (κ3) is 8.38.